The molecular weight excluding hydrogens is 360 g/mol. The van der Waals surface area contributed by atoms with E-state index in [2.05, 4.69) is 4.98 Å². The minimum absolute atomic E-state index is 0.0715. The molecule has 0 atom stereocenters. The van der Waals surface area contributed by atoms with Crippen molar-refractivity contribution >= 4 is 17.6 Å². The van der Waals surface area contributed by atoms with Gasteiger partial charge in [0.15, 0.2) is 11.5 Å². The zero-order valence-electron chi connectivity index (χ0n) is 15.2. The lowest BCUT2D eigenvalue weighted by Crippen LogP contribution is -2.20. The number of aromatic nitrogens is 2. The van der Waals surface area contributed by atoms with Gasteiger partial charge >= 0.3 is 0 Å². The number of primary amides is 1. The van der Waals surface area contributed by atoms with Gasteiger partial charge in [-0.25, -0.2) is 0 Å². The summed E-state index contributed by atoms with van der Waals surface area (Å²) >= 11 is 0. The maximum absolute atomic E-state index is 13.0. The number of carbonyl (C=O) groups is 1. The molecule has 1 aromatic carbocycles. The Morgan fingerprint density at radius 1 is 1.25 bits per heavy atom. The summed E-state index contributed by atoms with van der Waals surface area (Å²) in [5, 5.41) is 9.16. The monoisotopic (exact) mass is 376 g/mol. The molecular formula is C20H16N4O4. The van der Waals surface area contributed by atoms with Gasteiger partial charge in [0.25, 0.3) is 11.5 Å². The van der Waals surface area contributed by atoms with E-state index in [4.69, 9.17) is 20.5 Å². The van der Waals surface area contributed by atoms with Crippen molar-refractivity contribution in [3.05, 3.63) is 69.6 Å². The van der Waals surface area contributed by atoms with Gasteiger partial charge in [0.05, 0.1) is 7.11 Å². The molecule has 2 aromatic heterocycles. The van der Waals surface area contributed by atoms with E-state index in [0.717, 1.165) is 11.6 Å². The van der Waals surface area contributed by atoms with Gasteiger partial charge in [-0.05, 0) is 36.8 Å². The van der Waals surface area contributed by atoms with Gasteiger partial charge in [0.2, 0.25) is 5.88 Å². The maximum Gasteiger partial charge on any atom is 0.269 e. The third kappa shape index (κ3) is 3.41. The van der Waals surface area contributed by atoms with E-state index >= 15 is 0 Å². The molecule has 0 aliphatic carbocycles. The fraction of sp³-hybridized carbons (Fsp3) is 0.100. The fourth-order valence-corrected chi connectivity index (χ4v) is 2.60. The molecule has 0 unspecified atom stereocenters. The summed E-state index contributed by atoms with van der Waals surface area (Å²) in [7, 11) is 1.48. The quantitative estimate of drug-likeness (QED) is 0.538. The first-order valence-corrected chi connectivity index (χ1v) is 8.20. The molecule has 28 heavy (non-hydrogen) atoms. The zero-order valence-corrected chi connectivity index (χ0v) is 15.2. The molecule has 2 heterocycles. The third-order valence-corrected chi connectivity index (χ3v) is 4.00. The lowest BCUT2D eigenvalue weighted by molar-refractivity contribution is -0.114. The van der Waals surface area contributed by atoms with Crippen LogP contribution in [0.5, 0.6) is 17.4 Å². The molecule has 0 aliphatic rings. The summed E-state index contributed by atoms with van der Waals surface area (Å²) in [6.07, 6.45) is 2.62. The van der Waals surface area contributed by atoms with Crippen molar-refractivity contribution < 1.29 is 14.3 Å². The van der Waals surface area contributed by atoms with Crippen LogP contribution in [0.3, 0.4) is 0 Å². The predicted molar refractivity (Wildman–Crippen MR) is 102 cm³/mol. The normalized spacial score (nSPS) is 11.1. The molecule has 0 saturated carbocycles. The first-order chi connectivity index (χ1) is 13.5. The topological polar surface area (TPSA) is 120 Å². The van der Waals surface area contributed by atoms with Gasteiger partial charge < -0.3 is 15.2 Å². The highest BCUT2D eigenvalue weighted by Crippen LogP contribution is 2.32. The van der Waals surface area contributed by atoms with Crippen LogP contribution < -0.4 is 20.8 Å². The van der Waals surface area contributed by atoms with Gasteiger partial charge in [-0.15, -0.1) is 0 Å². The molecule has 140 valence electrons. The Labute approximate surface area is 160 Å². The molecule has 8 heteroatoms. The van der Waals surface area contributed by atoms with Crippen LogP contribution in [0.4, 0.5) is 0 Å². The van der Waals surface area contributed by atoms with Gasteiger partial charge in [0.1, 0.15) is 22.9 Å². The molecule has 3 aromatic rings. The Kier molecular flexibility index (Phi) is 5.09. The number of nitrogens with zero attached hydrogens (tertiary/aromatic N) is 3. The highest BCUT2D eigenvalue weighted by atomic mass is 16.5. The lowest BCUT2D eigenvalue weighted by Gasteiger charge is -2.13. The van der Waals surface area contributed by atoms with E-state index in [0.29, 0.717) is 17.1 Å². The number of ether oxygens (including phenoxy) is 2. The fourth-order valence-electron chi connectivity index (χ4n) is 2.60. The Bertz CT molecular complexity index is 1210. The minimum atomic E-state index is -0.959. The van der Waals surface area contributed by atoms with E-state index in [-0.39, 0.29) is 11.4 Å². The number of nitriles is 1. The highest BCUT2D eigenvalue weighted by Gasteiger charge is 2.18. The standard InChI is InChI=1S/C20H16N4O4/c1-12-6-5-9-24-18(12)23-19(28-16-8-4-3-7-15(16)27-2)14(20(24)26)10-13(11-21)17(22)25/h3-10H,1-2H3,(H2,22,25). The smallest absolute Gasteiger partial charge is 0.269 e. The van der Waals surface area contributed by atoms with E-state index < -0.39 is 17.0 Å². The molecule has 0 fully saturated rings. The molecule has 0 aliphatic heterocycles. The number of para-hydroxylation sites is 2. The van der Waals surface area contributed by atoms with E-state index in [9.17, 15) is 9.59 Å². The SMILES string of the molecule is COc1ccccc1Oc1nc2c(C)cccn2c(=O)c1C=C(C#N)C(N)=O. The number of hydrogen-bond acceptors (Lipinski definition) is 6. The van der Waals surface area contributed by atoms with Crippen LogP contribution in [-0.4, -0.2) is 22.4 Å². The van der Waals surface area contributed by atoms with Crippen LogP contribution in [0.15, 0.2) is 53.0 Å². The Morgan fingerprint density at radius 3 is 2.61 bits per heavy atom. The summed E-state index contributed by atoms with van der Waals surface area (Å²) < 4.78 is 12.4. The summed E-state index contributed by atoms with van der Waals surface area (Å²) in [4.78, 5) is 28.9. The highest BCUT2D eigenvalue weighted by molar-refractivity contribution is 6.00. The van der Waals surface area contributed by atoms with E-state index in [1.807, 2.05) is 0 Å². The van der Waals surface area contributed by atoms with Gasteiger partial charge in [-0.1, -0.05) is 18.2 Å². The number of aryl methyl sites for hydroxylation is 1. The first-order valence-electron chi connectivity index (χ1n) is 8.20. The summed E-state index contributed by atoms with van der Waals surface area (Å²) in [6, 6.07) is 12.0. The molecule has 1 amide bonds. The van der Waals surface area contributed by atoms with Crippen molar-refractivity contribution in [2.45, 2.75) is 6.92 Å². The van der Waals surface area contributed by atoms with Gasteiger partial charge in [-0.3, -0.25) is 14.0 Å². The van der Waals surface area contributed by atoms with Gasteiger partial charge in [-0.2, -0.15) is 10.2 Å². The number of carbonyl (C=O) groups excluding carboxylic acids is 1. The molecule has 0 saturated heterocycles. The Balaban J connectivity index is 2.32. The van der Waals surface area contributed by atoms with Crippen LogP contribution in [0.1, 0.15) is 11.1 Å². The largest absolute Gasteiger partial charge is 0.493 e. The average molecular weight is 376 g/mol. The zero-order chi connectivity index (χ0) is 20.3. The summed E-state index contributed by atoms with van der Waals surface area (Å²) in [5.74, 6) is -0.279. The molecule has 3 rings (SSSR count). The maximum atomic E-state index is 13.0. The first kappa shape index (κ1) is 18.7. The van der Waals surface area contributed by atoms with Crippen molar-refractivity contribution in [1.82, 2.24) is 9.38 Å². The van der Waals surface area contributed by atoms with Crippen LogP contribution >= 0.6 is 0 Å². The van der Waals surface area contributed by atoms with Crippen LogP contribution in [0, 0.1) is 18.3 Å². The van der Waals surface area contributed by atoms with Crippen molar-refractivity contribution in [2.75, 3.05) is 7.11 Å². The molecule has 0 radical (unpaired) electrons. The second-order valence-corrected chi connectivity index (χ2v) is 5.81. The van der Waals surface area contributed by atoms with Crippen LogP contribution in [-0.2, 0) is 4.79 Å². The third-order valence-electron chi connectivity index (χ3n) is 4.00. The van der Waals surface area contributed by atoms with Crippen molar-refractivity contribution in [3.63, 3.8) is 0 Å². The molecule has 0 spiro atoms. The van der Waals surface area contributed by atoms with Crippen molar-refractivity contribution in [2.24, 2.45) is 5.73 Å². The number of methoxy groups -OCH3 is 1. The number of benzene rings is 1. The van der Waals surface area contributed by atoms with Gasteiger partial charge in [0, 0.05) is 6.20 Å². The second kappa shape index (κ2) is 7.63. The van der Waals surface area contributed by atoms with Crippen LogP contribution in [0.2, 0.25) is 0 Å². The number of amides is 1. The Morgan fingerprint density at radius 2 is 1.96 bits per heavy atom. The van der Waals surface area contributed by atoms with Crippen molar-refractivity contribution in [1.29, 1.82) is 5.26 Å². The second-order valence-electron chi connectivity index (χ2n) is 5.81. The number of pyridine rings is 1. The van der Waals surface area contributed by atoms with E-state index in [1.165, 1.54) is 17.7 Å². The number of hydrogen-bond donors (Lipinski definition) is 1. The average Bonchev–Trinajstić information content (AvgIpc) is 2.69. The number of nitrogens with two attached hydrogens (primary N) is 1. The number of fused-ring (bicyclic) bond motifs is 1. The lowest BCUT2D eigenvalue weighted by atomic mass is 10.1. The molecule has 2 N–H and O–H groups in total. The Hall–Kier alpha value is -4.12. The molecule has 8 nitrogen and oxygen atoms in total. The van der Waals surface area contributed by atoms with Crippen LogP contribution in [0.25, 0.3) is 11.7 Å². The summed E-state index contributed by atoms with van der Waals surface area (Å²) in [5.41, 5.74) is 5.36. The molecule has 0 bridgehead atoms. The predicted octanol–water partition coefficient (Wildman–Crippen LogP) is 2.20. The number of rotatable bonds is 5. The minimum Gasteiger partial charge on any atom is -0.493 e. The van der Waals surface area contributed by atoms with Crippen molar-refractivity contribution in [3.8, 4) is 23.4 Å². The summed E-state index contributed by atoms with van der Waals surface area (Å²) in [6.45, 7) is 1.80. The van der Waals surface area contributed by atoms with E-state index in [1.54, 1.807) is 49.4 Å².